The first-order valence-electron chi connectivity index (χ1n) is 26.3. The van der Waals surface area contributed by atoms with Crippen LogP contribution < -0.4 is 0 Å². The number of rotatable bonds is 46. The van der Waals surface area contributed by atoms with Gasteiger partial charge in [0.15, 0.2) is 0 Å². The van der Waals surface area contributed by atoms with E-state index in [1.807, 2.05) is 0 Å². The smallest absolute Gasteiger partial charge is 0.306 e. The maximum atomic E-state index is 12.8. The first-order chi connectivity index (χ1) is 29.4. The van der Waals surface area contributed by atoms with Gasteiger partial charge in [0, 0.05) is 38.6 Å². The molecule has 1 heterocycles. The van der Waals surface area contributed by atoms with Crippen LogP contribution >= 0.6 is 0 Å². The molecule has 0 aromatic carbocycles. The van der Waals surface area contributed by atoms with Crippen LogP contribution in [0, 0.1) is 0 Å². The second-order valence-corrected chi connectivity index (χ2v) is 18.7. The average Bonchev–Trinajstić information content (AvgIpc) is 3.62. The monoisotopic (exact) mass is 851 g/mol. The molecule has 8 heteroatoms. The van der Waals surface area contributed by atoms with E-state index >= 15 is 0 Å². The molecule has 356 valence electrons. The highest BCUT2D eigenvalue weighted by Gasteiger charge is 2.32. The Balaban J connectivity index is 2.27. The van der Waals surface area contributed by atoms with Crippen LogP contribution in [0.5, 0.6) is 0 Å². The zero-order chi connectivity index (χ0) is 43.6. The zero-order valence-corrected chi connectivity index (χ0v) is 40.8. The number of likely N-dealkylation sites (tertiary alicyclic amines) is 1. The van der Waals surface area contributed by atoms with Crippen molar-refractivity contribution in [2.24, 2.45) is 0 Å². The lowest BCUT2D eigenvalue weighted by molar-refractivity contribution is -0.150. The van der Waals surface area contributed by atoms with Gasteiger partial charge in [-0.25, -0.2) is 0 Å². The molecule has 1 saturated heterocycles. The number of ether oxygens (including phenoxy) is 4. The molecule has 1 aliphatic rings. The fourth-order valence-electron chi connectivity index (χ4n) is 8.60. The van der Waals surface area contributed by atoms with Crippen molar-refractivity contribution in [2.45, 2.75) is 264 Å². The molecular formula is C52H102N2O6. The third-order valence-electron chi connectivity index (χ3n) is 12.5. The number of carbonyl (C=O) groups excluding carboxylic acids is 2. The summed E-state index contributed by atoms with van der Waals surface area (Å²) in [6, 6.07) is 0.391. The number of hydrogen-bond acceptors (Lipinski definition) is 8. The zero-order valence-electron chi connectivity index (χ0n) is 40.8. The van der Waals surface area contributed by atoms with Crippen LogP contribution in [0.15, 0.2) is 0 Å². The Hall–Kier alpha value is -1.22. The van der Waals surface area contributed by atoms with E-state index in [2.05, 4.69) is 44.7 Å². The van der Waals surface area contributed by atoms with Gasteiger partial charge in [0.2, 0.25) is 0 Å². The van der Waals surface area contributed by atoms with E-state index in [9.17, 15) is 9.59 Å². The van der Waals surface area contributed by atoms with E-state index in [4.69, 9.17) is 18.9 Å². The largest absolute Gasteiger partial charge is 0.466 e. The quantitative estimate of drug-likeness (QED) is 0.0443. The number of nitrogens with zero attached hydrogens (tertiary/aromatic N) is 2. The third-order valence-corrected chi connectivity index (χ3v) is 12.5. The molecule has 8 nitrogen and oxygen atoms in total. The molecule has 1 aliphatic heterocycles. The molecule has 60 heavy (non-hydrogen) atoms. The van der Waals surface area contributed by atoms with Crippen molar-refractivity contribution in [1.82, 2.24) is 9.80 Å². The highest BCUT2D eigenvalue weighted by molar-refractivity contribution is 5.69. The summed E-state index contributed by atoms with van der Waals surface area (Å²) >= 11 is 0. The standard InChI is InChI=1S/C52H102N2O6/c1-6-9-12-15-18-19-20-26-34-43-59-51(55)38-31-27-32-41-54-46-50(58-44-35-40-53(4)5)45-48(54)47-57-42-33-25-21-24-30-39-52(56)60-49(36-28-22-16-13-10-7-2)37-29-23-17-14-11-8-3/h48-50H,6-47H2,1-5H3. The molecule has 0 spiro atoms. The lowest BCUT2D eigenvalue weighted by atomic mass is 10.0. The van der Waals surface area contributed by atoms with Gasteiger partial charge < -0.3 is 23.8 Å². The topological polar surface area (TPSA) is 77.5 Å². The number of esters is 2. The SMILES string of the molecule is CCCCCCCCCCCOC(=O)CCCCCN1CC(OCCCN(C)C)CC1COCCCCCCCC(=O)OC(CCCCCCCC)CCCCCCCC. The normalized spacial score (nSPS) is 15.8. The Labute approximate surface area is 373 Å². The van der Waals surface area contributed by atoms with Crippen molar-refractivity contribution in [3.63, 3.8) is 0 Å². The van der Waals surface area contributed by atoms with Gasteiger partial charge in [0.1, 0.15) is 6.10 Å². The predicted octanol–water partition coefficient (Wildman–Crippen LogP) is 13.8. The van der Waals surface area contributed by atoms with Crippen LogP contribution in [0.1, 0.15) is 245 Å². The van der Waals surface area contributed by atoms with E-state index < -0.39 is 0 Å². The highest BCUT2D eigenvalue weighted by Crippen LogP contribution is 2.23. The summed E-state index contributed by atoms with van der Waals surface area (Å²) in [5, 5.41) is 0. The maximum Gasteiger partial charge on any atom is 0.306 e. The Kier molecular flexibility index (Phi) is 40.8. The molecule has 2 unspecified atom stereocenters. The lowest BCUT2D eigenvalue weighted by Gasteiger charge is -2.24. The molecule has 0 saturated carbocycles. The van der Waals surface area contributed by atoms with Gasteiger partial charge in [0.25, 0.3) is 0 Å². The molecule has 0 radical (unpaired) electrons. The predicted molar refractivity (Wildman–Crippen MR) is 254 cm³/mol. The summed E-state index contributed by atoms with van der Waals surface area (Å²) in [4.78, 5) is 29.9. The average molecular weight is 851 g/mol. The highest BCUT2D eigenvalue weighted by atomic mass is 16.5. The van der Waals surface area contributed by atoms with Gasteiger partial charge in [-0.3, -0.25) is 14.5 Å². The third kappa shape index (κ3) is 36.3. The Morgan fingerprint density at radius 1 is 0.550 bits per heavy atom. The lowest BCUT2D eigenvalue weighted by Crippen LogP contribution is -2.34. The number of carbonyl (C=O) groups is 2. The van der Waals surface area contributed by atoms with Gasteiger partial charge in [-0.05, 0) is 97.8 Å². The molecular weight excluding hydrogens is 749 g/mol. The van der Waals surface area contributed by atoms with Gasteiger partial charge >= 0.3 is 11.9 Å². The minimum atomic E-state index is -0.0305. The summed E-state index contributed by atoms with van der Waals surface area (Å²) < 4.78 is 24.2. The summed E-state index contributed by atoms with van der Waals surface area (Å²) in [5.41, 5.74) is 0. The van der Waals surface area contributed by atoms with Crippen LogP contribution in [-0.4, -0.2) is 100 Å². The molecule has 0 bridgehead atoms. The fourth-order valence-corrected chi connectivity index (χ4v) is 8.60. The van der Waals surface area contributed by atoms with Gasteiger partial charge in [-0.1, -0.05) is 162 Å². The van der Waals surface area contributed by atoms with E-state index in [-0.39, 0.29) is 24.1 Å². The second kappa shape index (κ2) is 43.1. The van der Waals surface area contributed by atoms with Gasteiger partial charge in [-0.2, -0.15) is 0 Å². The minimum absolute atomic E-state index is 0.0171. The summed E-state index contributed by atoms with van der Waals surface area (Å²) in [5.74, 6) is -0.0134. The van der Waals surface area contributed by atoms with E-state index in [1.54, 1.807) is 0 Å². The first-order valence-corrected chi connectivity index (χ1v) is 26.3. The van der Waals surface area contributed by atoms with Crippen LogP contribution in [0.2, 0.25) is 0 Å². The summed E-state index contributed by atoms with van der Waals surface area (Å²) in [7, 11) is 4.23. The molecule has 0 aliphatic carbocycles. The minimum Gasteiger partial charge on any atom is -0.466 e. The van der Waals surface area contributed by atoms with E-state index in [0.717, 1.165) is 123 Å². The fraction of sp³-hybridized carbons (Fsp3) is 0.962. The second-order valence-electron chi connectivity index (χ2n) is 18.7. The van der Waals surface area contributed by atoms with Crippen molar-refractivity contribution in [3.05, 3.63) is 0 Å². The number of hydrogen-bond donors (Lipinski definition) is 0. The molecule has 0 aromatic rings. The molecule has 0 N–H and O–H groups in total. The summed E-state index contributed by atoms with van der Waals surface area (Å²) in [6.07, 6.45) is 40.9. The van der Waals surface area contributed by atoms with E-state index in [0.29, 0.717) is 25.5 Å². The van der Waals surface area contributed by atoms with Crippen LogP contribution in [-0.2, 0) is 28.5 Å². The number of unbranched alkanes of at least 4 members (excludes halogenated alkanes) is 24. The van der Waals surface area contributed by atoms with Crippen LogP contribution in [0.3, 0.4) is 0 Å². The van der Waals surface area contributed by atoms with Crippen LogP contribution in [0.25, 0.3) is 0 Å². The molecule has 0 amide bonds. The van der Waals surface area contributed by atoms with Crippen molar-refractivity contribution in [3.8, 4) is 0 Å². The molecule has 1 fully saturated rings. The molecule has 1 rings (SSSR count). The molecule has 0 aromatic heterocycles. The Morgan fingerprint density at radius 3 is 1.60 bits per heavy atom. The Morgan fingerprint density at radius 2 is 1.03 bits per heavy atom. The Bertz CT molecular complexity index is 918. The van der Waals surface area contributed by atoms with Gasteiger partial charge in [0.05, 0.1) is 19.3 Å². The van der Waals surface area contributed by atoms with Crippen molar-refractivity contribution in [1.29, 1.82) is 0 Å². The van der Waals surface area contributed by atoms with E-state index in [1.165, 1.54) is 128 Å². The molecule has 2 atom stereocenters. The van der Waals surface area contributed by atoms with Crippen molar-refractivity contribution < 1.29 is 28.5 Å². The van der Waals surface area contributed by atoms with Gasteiger partial charge in [-0.15, -0.1) is 0 Å². The maximum absolute atomic E-state index is 12.8. The van der Waals surface area contributed by atoms with Crippen molar-refractivity contribution in [2.75, 3.05) is 60.2 Å². The van der Waals surface area contributed by atoms with Crippen LogP contribution in [0.4, 0.5) is 0 Å². The first kappa shape index (κ1) is 56.8. The summed E-state index contributed by atoms with van der Waals surface area (Å²) in [6.45, 7) is 12.8. The van der Waals surface area contributed by atoms with Crippen molar-refractivity contribution >= 4 is 11.9 Å².